The molecule has 1 atom stereocenters. The van der Waals surface area contributed by atoms with Crippen molar-refractivity contribution < 1.29 is 9.18 Å². The molecule has 2 heterocycles. The topological polar surface area (TPSA) is 64.3 Å². The van der Waals surface area contributed by atoms with E-state index in [4.69, 9.17) is 0 Å². The molecule has 1 amide bonds. The van der Waals surface area contributed by atoms with Gasteiger partial charge in [0.1, 0.15) is 11.9 Å². The second kappa shape index (κ2) is 7.66. The Morgan fingerprint density at radius 3 is 2.48 bits per heavy atom. The van der Waals surface area contributed by atoms with Crippen LogP contribution in [0.2, 0.25) is 0 Å². The maximum atomic E-state index is 13.8. The van der Waals surface area contributed by atoms with Gasteiger partial charge in [-0.2, -0.15) is 0 Å². The summed E-state index contributed by atoms with van der Waals surface area (Å²) < 4.78 is 16.1. The van der Waals surface area contributed by atoms with Crippen LogP contribution < -0.4 is 11.2 Å². The number of para-hydroxylation sites is 1. The molecule has 2 aromatic carbocycles. The molecule has 1 saturated heterocycles. The van der Waals surface area contributed by atoms with Crippen molar-refractivity contribution in [3.8, 4) is 5.69 Å². The highest BCUT2D eigenvalue weighted by Crippen LogP contribution is 2.21. The Balaban J connectivity index is 2.01. The normalized spacial score (nSPS) is 15.0. The van der Waals surface area contributed by atoms with E-state index in [0.29, 0.717) is 30.4 Å². The van der Waals surface area contributed by atoms with E-state index in [1.54, 1.807) is 29.2 Å². The van der Waals surface area contributed by atoms with Crippen LogP contribution in [0, 0.1) is 5.82 Å². The number of fused-ring (bicyclic) bond motifs is 1. The summed E-state index contributed by atoms with van der Waals surface area (Å²) in [6, 6.07) is 11.4. The van der Waals surface area contributed by atoms with Crippen molar-refractivity contribution in [1.29, 1.82) is 0 Å². The number of benzene rings is 2. The minimum Gasteiger partial charge on any atom is -0.341 e. The van der Waals surface area contributed by atoms with Gasteiger partial charge in [0.15, 0.2) is 0 Å². The number of hydrogen-bond acceptors (Lipinski definition) is 3. The summed E-state index contributed by atoms with van der Waals surface area (Å²) in [5.41, 5.74) is -0.618. The Morgan fingerprint density at radius 2 is 1.79 bits per heavy atom. The van der Waals surface area contributed by atoms with Gasteiger partial charge in [-0.15, -0.1) is 0 Å². The van der Waals surface area contributed by atoms with Crippen LogP contribution in [-0.4, -0.2) is 33.0 Å². The summed E-state index contributed by atoms with van der Waals surface area (Å²) in [5, 5.41) is 0.309. The van der Waals surface area contributed by atoms with Crippen LogP contribution in [0.3, 0.4) is 0 Å². The molecule has 0 radical (unpaired) electrons. The minimum atomic E-state index is -0.731. The van der Waals surface area contributed by atoms with Gasteiger partial charge in [0, 0.05) is 13.1 Å². The molecule has 4 rings (SSSR count). The third kappa shape index (κ3) is 3.26. The smallest absolute Gasteiger partial charge is 0.336 e. The molecule has 0 aliphatic carbocycles. The van der Waals surface area contributed by atoms with Crippen LogP contribution >= 0.6 is 0 Å². The Kier molecular flexibility index (Phi) is 5.05. The number of halogens is 1. The van der Waals surface area contributed by atoms with Gasteiger partial charge >= 0.3 is 5.69 Å². The van der Waals surface area contributed by atoms with Crippen molar-refractivity contribution in [3.63, 3.8) is 0 Å². The minimum absolute atomic E-state index is 0.123. The fourth-order valence-electron chi connectivity index (χ4n) is 4.04. The number of amides is 1. The van der Waals surface area contributed by atoms with E-state index in [-0.39, 0.29) is 11.6 Å². The zero-order chi connectivity index (χ0) is 20.5. The highest BCUT2D eigenvalue weighted by molar-refractivity contribution is 5.84. The molecule has 0 saturated carbocycles. The lowest BCUT2D eigenvalue weighted by Crippen LogP contribution is -2.45. The quantitative estimate of drug-likeness (QED) is 0.682. The van der Waals surface area contributed by atoms with Crippen LogP contribution in [0.1, 0.15) is 32.2 Å². The zero-order valence-corrected chi connectivity index (χ0v) is 16.2. The standard InChI is InChI=1S/C22H22FN3O3/c1-2-18(21(28)24-12-5-6-13-24)26-19-11-4-3-10-17(19)20(27)25(22(26)29)16-9-7-8-15(23)14-16/h3-4,7-11,14,18H,2,5-6,12-13H2,1H3/t18-/m1/s1. The summed E-state index contributed by atoms with van der Waals surface area (Å²) in [6.07, 6.45) is 2.29. The number of nitrogens with zero attached hydrogens (tertiary/aromatic N) is 3. The van der Waals surface area contributed by atoms with Crippen molar-refractivity contribution in [2.75, 3.05) is 13.1 Å². The van der Waals surface area contributed by atoms with E-state index >= 15 is 0 Å². The molecule has 1 aromatic heterocycles. The summed E-state index contributed by atoms with van der Waals surface area (Å²) in [4.78, 5) is 41.5. The van der Waals surface area contributed by atoms with E-state index < -0.39 is 23.1 Å². The number of carbonyl (C=O) groups excluding carboxylic acids is 1. The van der Waals surface area contributed by atoms with E-state index in [9.17, 15) is 18.8 Å². The third-order valence-electron chi connectivity index (χ3n) is 5.46. The third-order valence-corrected chi connectivity index (χ3v) is 5.46. The molecular formula is C22H22FN3O3. The van der Waals surface area contributed by atoms with Crippen LogP contribution in [0.5, 0.6) is 0 Å². The van der Waals surface area contributed by atoms with Gasteiger partial charge in [-0.3, -0.25) is 14.2 Å². The molecule has 1 fully saturated rings. The summed E-state index contributed by atoms with van der Waals surface area (Å²) >= 11 is 0. The van der Waals surface area contributed by atoms with Gasteiger partial charge in [-0.25, -0.2) is 13.8 Å². The molecule has 29 heavy (non-hydrogen) atoms. The first-order chi connectivity index (χ1) is 14.0. The van der Waals surface area contributed by atoms with Crippen molar-refractivity contribution in [1.82, 2.24) is 14.0 Å². The highest BCUT2D eigenvalue weighted by Gasteiger charge is 2.29. The summed E-state index contributed by atoms with van der Waals surface area (Å²) in [5.74, 6) is -0.671. The lowest BCUT2D eigenvalue weighted by molar-refractivity contribution is -0.133. The molecule has 150 valence electrons. The lowest BCUT2D eigenvalue weighted by Gasteiger charge is -2.25. The lowest BCUT2D eigenvalue weighted by atomic mass is 10.1. The molecule has 1 aliphatic rings. The largest absolute Gasteiger partial charge is 0.341 e. The molecule has 7 heteroatoms. The van der Waals surface area contributed by atoms with E-state index in [1.165, 1.54) is 22.8 Å². The zero-order valence-electron chi connectivity index (χ0n) is 16.2. The number of likely N-dealkylation sites (tertiary alicyclic amines) is 1. The van der Waals surface area contributed by atoms with E-state index in [1.807, 2.05) is 6.92 Å². The van der Waals surface area contributed by atoms with Crippen molar-refractivity contribution in [3.05, 3.63) is 75.2 Å². The maximum absolute atomic E-state index is 13.8. The average Bonchev–Trinajstić information content (AvgIpc) is 3.26. The van der Waals surface area contributed by atoms with Gasteiger partial charge in [0.05, 0.1) is 16.6 Å². The predicted molar refractivity (Wildman–Crippen MR) is 109 cm³/mol. The van der Waals surface area contributed by atoms with Crippen molar-refractivity contribution in [2.24, 2.45) is 0 Å². The Labute approximate surface area is 166 Å². The Bertz CT molecular complexity index is 1190. The molecule has 0 spiro atoms. The monoisotopic (exact) mass is 395 g/mol. The van der Waals surface area contributed by atoms with Crippen molar-refractivity contribution in [2.45, 2.75) is 32.2 Å². The molecule has 6 nitrogen and oxygen atoms in total. The molecule has 0 N–H and O–H groups in total. The number of rotatable bonds is 4. The number of hydrogen-bond donors (Lipinski definition) is 0. The van der Waals surface area contributed by atoms with Gasteiger partial charge < -0.3 is 4.90 Å². The highest BCUT2D eigenvalue weighted by atomic mass is 19.1. The SMILES string of the molecule is CC[C@H](C(=O)N1CCCC1)n1c(=O)n(-c2cccc(F)c2)c(=O)c2ccccc21. The predicted octanol–water partition coefficient (Wildman–Crippen LogP) is 2.87. The Morgan fingerprint density at radius 1 is 1.07 bits per heavy atom. The molecule has 1 aliphatic heterocycles. The molecule has 3 aromatic rings. The summed E-state index contributed by atoms with van der Waals surface area (Å²) in [7, 11) is 0. The molecule has 0 unspecified atom stereocenters. The first-order valence-corrected chi connectivity index (χ1v) is 9.84. The Hall–Kier alpha value is -3.22. The fourth-order valence-corrected chi connectivity index (χ4v) is 4.04. The summed E-state index contributed by atoms with van der Waals surface area (Å²) in [6.45, 7) is 3.19. The molecular weight excluding hydrogens is 373 g/mol. The van der Waals surface area contributed by atoms with Gasteiger partial charge in [-0.05, 0) is 49.6 Å². The average molecular weight is 395 g/mol. The van der Waals surface area contributed by atoms with Crippen molar-refractivity contribution >= 4 is 16.8 Å². The first kappa shape index (κ1) is 19.1. The van der Waals surface area contributed by atoms with Crippen LogP contribution in [0.25, 0.3) is 16.6 Å². The van der Waals surface area contributed by atoms with Gasteiger partial charge in [-0.1, -0.05) is 25.1 Å². The second-order valence-corrected chi connectivity index (χ2v) is 7.25. The first-order valence-electron chi connectivity index (χ1n) is 9.84. The maximum Gasteiger partial charge on any atom is 0.336 e. The molecule has 0 bridgehead atoms. The van der Waals surface area contributed by atoms with E-state index in [0.717, 1.165) is 23.5 Å². The van der Waals surface area contributed by atoms with Gasteiger partial charge in [0.25, 0.3) is 5.56 Å². The van der Waals surface area contributed by atoms with Crippen LogP contribution in [-0.2, 0) is 4.79 Å². The fraction of sp³-hybridized carbons (Fsp3) is 0.318. The number of aromatic nitrogens is 2. The van der Waals surface area contributed by atoms with E-state index in [2.05, 4.69) is 0 Å². The second-order valence-electron chi connectivity index (χ2n) is 7.25. The van der Waals surface area contributed by atoms with Gasteiger partial charge in [0.2, 0.25) is 5.91 Å². The number of carbonyl (C=O) groups is 1. The van der Waals surface area contributed by atoms with Crippen LogP contribution in [0.4, 0.5) is 4.39 Å². The van der Waals surface area contributed by atoms with Crippen LogP contribution in [0.15, 0.2) is 58.1 Å².